The van der Waals surface area contributed by atoms with E-state index in [4.69, 9.17) is 11.6 Å². The number of thioether (sulfide) groups is 1. The van der Waals surface area contributed by atoms with Crippen molar-refractivity contribution in [3.8, 4) is 0 Å². The first-order valence-electron chi connectivity index (χ1n) is 5.99. The highest BCUT2D eigenvalue weighted by Crippen LogP contribution is 2.30. The van der Waals surface area contributed by atoms with Gasteiger partial charge in [0.25, 0.3) is 0 Å². The SMILES string of the molecule is CSC1CCCCC1Nc1ncnc(Cl)c1C. The number of nitrogens with zero attached hydrogens (tertiary/aromatic N) is 2. The summed E-state index contributed by atoms with van der Waals surface area (Å²) in [5, 5.41) is 4.75. The fourth-order valence-electron chi connectivity index (χ4n) is 2.29. The molecular formula is C12H18ClN3S. The molecule has 1 aliphatic carbocycles. The number of halogens is 1. The minimum atomic E-state index is 0.503. The van der Waals surface area contributed by atoms with E-state index >= 15 is 0 Å². The van der Waals surface area contributed by atoms with E-state index in [-0.39, 0.29) is 0 Å². The molecule has 1 aliphatic rings. The molecule has 2 atom stereocenters. The zero-order valence-corrected chi connectivity index (χ0v) is 11.8. The van der Waals surface area contributed by atoms with Gasteiger partial charge < -0.3 is 5.32 Å². The summed E-state index contributed by atoms with van der Waals surface area (Å²) in [5.41, 5.74) is 0.944. The molecule has 0 aromatic carbocycles. The van der Waals surface area contributed by atoms with Crippen LogP contribution >= 0.6 is 23.4 Å². The summed E-state index contributed by atoms with van der Waals surface area (Å²) in [6.45, 7) is 1.96. The number of hydrogen-bond donors (Lipinski definition) is 1. The number of aromatic nitrogens is 2. The normalized spacial score (nSPS) is 24.6. The highest BCUT2D eigenvalue weighted by molar-refractivity contribution is 7.99. The molecule has 1 saturated carbocycles. The second-order valence-electron chi connectivity index (χ2n) is 4.45. The van der Waals surface area contributed by atoms with Gasteiger partial charge in [0.15, 0.2) is 0 Å². The lowest BCUT2D eigenvalue weighted by atomic mass is 9.95. The lowest BCUT2D eigenvalue weighted by Gasteiger charge is -2.31. The summed E-state index contributed by atoms with van der Waals surface area (Å²) < 4.78 is 0. The number of anilines is 1. The largest absolute Gasteiger partial charge is 0.366 e. The fourth-order valence-corrected chi connectivity index (χ4v) is 3.36. The summed E-state index contributed by atoms with van der Waals surface area (Å²) in [5.74, 6) is 0.885. The molecular weight excluding hydrogens is 254 g/mol. The Morgan fingerprint density at radius 2 is 2.12 bits per heavy atom. The van der Waals surface area contributed by atoms with E-state index in [0.717, 1.165) is 11.4 Å². The zero-order chi connectivity index (χ0) is 12.3. The van der Waals surface area contributed by atoms with Crippen molar-refractivity contribution in [3.63, 3.8) is 0 Å². The van der Waals surface area contributed by atoms with Crippen LogP contribution in [0.25, 0.3) is 0 Å². The van der Waals surface area contributed by atoms with E-state index in [0.29, 0.717) is 16.4 Å². The van der Waals surface area contributed by atoms with Crippen LogP contribution in [0.1, 0.15) is 31.2 Å². The van der Waals surface area contributed by atoms with E-state index in [1.165, 1.54) is 32.0 Å². The van der Waals surface area contributed by atoms with Gasteiger partial charge >= 0.3 is 0 Å². The van der Waals surface area contributed by atoms with Gasteiger partial charge in [0, 0.05) is 16.9 Å². The van der Waals surface area contributed by atoms with Crippen molar-refractivity contribution in [2.75, 3.05) is 11.6 Å². The predicted molar refractivity (Wildman–Crippen MR) is 75.0 cm³/mol. The van der Waals surface area contributed by atoms with Crippen molar-refractivity contribution in [1.29, 1.82) is 0 Å². The second kappa shape index (κ2) is 5.91. The smallest absolute Gasteiger partial charge is 0.137 e. The van der Waals surface area contributed by atoms with Gasteiger partial charge in [0.05, 0.1) is 0 Å². The molecule has 0 saturated heterocycles. The standard InChI is InChI=1S/C12H18ClN3S/c1-8-11(13)14-7-15-12(8)16-9-5-3-4-6-10(9)17-2/h7,9-10H,3-6H2,1-2H3,(H,14,15,16). The number of hydrogen-bond acceptors (Lipinski definition) is 4. The van der Waals surface area contributed by atoms with E-state index < -0.39 is 0 Å². The van der Waals surface area contributed by atoms with Gasteiger partial charge in [-0.15, -0.1) is 0 Å². The highest BCUT2D eigenvalue weighted by atomic mass is 35.5. The first-order chi connectivity index (χ1) is 8.22. The molecule has 1 aromatic heterocycles. The fraction of sp³-hybridized carbons (Fsp3) is 0.667. The van der Waals surface area contributed by atoms with Gasteiger partial charge in [-0.3, -0.25) is 0 Å². The molecule has 2 unspecified atom stereocenters. The molecule has 0 amide bonds. The minimum Gasteiger partial charge on any atom is -0.366 e. The van der Waals surface area contributed by atoms with E-state index in [9.17, 15) is 0 Å². The van der Waals surface area contributed by atoms with Crippen LogP contribution in [0.15, 0.2) is 6.33 Å². The van der Waals surface area contributed by atoms with Crippen molar-refractivity contribution in [2.24, 2.45) is 0 Å². The van der Waals surface area contributed by atoms with Crippen LogP contribution in [0.5, 0.6) is 0 Å². The van der Waals surface area contributed by atoms with E-state index in [1.54, 1.807) is 0 Å². The van der Waals surface area contributed by atoms with Crippen LogP contribution in [-0.4, -0.2) is 27.5 Å². The Bertz CT molecular complexity index is 386. The molecule has 1 N–H and O–H groups in total. The third kappa shape index (κ3) is 3.05. The average molecular weight is 272 g/mol. The maximum atomic E-state index is 6.01. The molecule has 0 bridgehead atoms. The molecule has 0 spiro atoms. The molecule has 2 rings (SSSR count). The molecule has 1 aromatic rings. The average Bonchev–Trinajstić information content (AvgIpc) is 2.35. The van der Waals surface area contributed by atoms with Crippen molar-refractivity contribution in [1.82, 2.24) is 9.97 Å². The lowest BCUT2D eigenvalue weighted by molar-refractivity contribution is 0.474. The van der Waals surface area contributed by atoms with Crippen LogP contribution in [0.2, 0.25) is 5.15 Å². The van der Waals surface area contributed by atoms with Crippen LogP contribution in [-0.2, 0) is 0 Å². The van der Waals surface area contributed by atoms with Crippen molar-refractivity contribution in [2.45, 2.75) is 43.9 Å². The Morgan fingerprint density at radius 3 is 2.88 bits per heavy atom. The van der Waals surface area contributed by atoms with Crippen molar-refractivity contribution >= 4 is 29.2 Å². The topological polar surface area (TPSA) is 37.8 Å². The van der Waals surface area contributed by atoms with Crippen LogP contribution in [0, 0.1) is 6.92 Å². The van der Waals surface area contributed by atoms with Gasteiger partial charge in [0.2, 0.25) is 0 Å². The van der Waals surface area contributed by atoms with Gasteiger partial charge in [-0.25, -0.2) is 9.97 Å². The Labute approximate surface area is 112 Å². The van der Waals surface area contributed by atoms with Crippen molar-refractivity contribution < 1.29 is 0 Å². The Hall–Kier alpha value is -0.480. The number of nitrogens with one attached hydrogen (secondary N) is 1. The van der Waals surface area contributed by atoms with Gasteiger partial charge in [0.1, 0.15) is 17.3 Å². The monoisotopic (exact) mass is 271 g/mol. The minimum absolute atomic E-state index is 0.503. The first-order valence-corrected chi connectivity index (χ1v) is 7.65. The lowest BCUT2D eigenvalue weighted by Crippen LogP contribution is -2.34. The highest BCUT2D eigenvalue weighted by Gasteiger charge is 2.25. The molecule has 0 radical (unpaired) electrons. The molecule has 5 heteroatoms. The second-order valence-corrected chi connectivity index (χ2v) is 5.88. The summed E-state index contributed by atoms with van der Waals surface area (Å²) in [7, 11) is 0. The van der Waals surface area contributed by atoms with Gasteiger partial charge in [-0.2, -0.15) is 11.8 Å². The summed E-state index contributed by atoms with van der Waals surface area (Å²) in [4.78, 5) is 8.27. The van der Waals surface area contributed by atoms with Gasteiger partial charge in [-0.05, 0) is 26.0 Å². The van der Waals surface area contributed by atoms with Crippen LogP contribution in [0.4, 0.5) is 5.82 Å². The predicted octanol–water partition coefficient (Wildman–Crippen LogP) is 3.52. The van der Waals surface area contributed by atoms with Gasteiger partial charge in [-0.1, -0.05) is 24.4 Å². The molecule has 94 valence electrons. The first kappa shape index (κ1) is 13.0. The third-order valence-electron chi connectivity index (χ3n) is 3.35. The molecule has 1 heterocycles. The number of rotatable bonds is 3. The van der Waals surface area contributed by atoms with Crippen LogP contribution in [0.3, 0.4) is 0 Å². The maximum Gasteiger partial charge on any atom is 0.137 e. The molecule has 1 fully saturated rings. The quantitative estimate of drug-likeness (QED) is 0.854. The van der Waals surface area contributed by atoms with Crippen LogP contribution < -0.4 is 5.32 Å². The Morgan fingerprint density at radius 1 is 1.35 bits per heavy atom. The third-order valence-corrected chi connectivity index (χ3v) is 4.90. The summed E-state index contributed by atoms with van der Waals surface area (Å²) in [6.07, 6.45) is 8.85. The molecule has 0 aliphatic heterocycles. The summed E-state index contributed by atoms with van der Waals surface area (Å²) >= 11 is 7.95. The molecule has 17 heavy (non-hydrogen) atoms. The molecule has 3 nitrogen and oxygen atoms in total. The summed E-state index contributed by atoms with van der Waals surface area (Å²) in [6, 6.07) is 0.503. The maximum absolute atomic E-state index is 6.01. The Kier molecular flexibility index (Phi) is 4.51. The van der Waals surface area contributed by atoms with Crippen molar-refractivity contribution in [3.05, 3.63) is 17.0 Å². The zero-order valence-electron chi connectivity index (χ0n) is 10.2. The Balaban J connectivity index is 2.11. The van der Waals surface area contributed by atoms with E-state index in [2.05, 4.69) is 21.5 Å². The van der Waals surface area contributed by atoms with E-state index in [1.807, 2.05) is 18.7 Å².